The molecule has 6 heteroatoms. The lowest BCUT2D eigenvalue weighted by molar-refractivity contribution is 0.0696. The highest BCUT2D eigenvalue weighted by atomic mass is 16.4. The van der Waals surface area contributed by atoms with Crippen molar-refractivity contribution >= 4 is 11.9 Å². The van der Waals surface area contributed by atoms with Crippen LogP contribution in [0.15, 0.2) is 61.2 Å². The third kappa shape index (κ3) is 2.72. The molecule has 2 aromatic heterocycles. The number of rotatable bonds is 4. The van der Waals surface area contributed by atoms with Gasteiger partial charge in [0.05, 0.1) is 11.1 Å². The molecular weight excluding hydrogens is 308 g/mol. The Morgan fingerprint density at radius 1 is 0.750 bits per heavy atom. The predicted octanol–water partition coefficient (Wildman–Crippen LogP) is 3.21. The monoisotopic (exact) mass is 320 g/mol. The van der Waals surface area contributed by atoms with Crippen LogP contribution in [0.4, 0.5) is 0 Å². The molecule has 0 aliphatic carbocycles. The molecular formula is C18H12N2O4. The van der Waals surface area contributed by atoms with Gasteiger partial charge < -0.3 is 10.2 Å². The van der Waals surface area contributed by atoms with Crippen molar-refractivity contribution in [3.05, 3.63) is 72.3 Å². The van der Waals surface area contributed by atoms with Crippen molar-refractivity contribution in [1.82, 2.24) is 9.97 Å². The van der Waals surface area contributed by atoms with Gasteiger partial charge in [0.2, 0.25) is 0 Å². The number of carboxylic acids is 2. The van der Waals surface area contributed by atoms with E-state index < -0.39 is 11.9 Å². The first kappa shape index (κ1) is 15.4. The van der Waals surface area contributed by atoms with Gasteiger partial charge in [-0.05, 0) is 41.5 Å². The van der Waals surface area contributed by atoms with Gasteiger partial charge in [0, 0.05) is 35.9 Å². The van der Waals surface area contributed by atoms with Gasteiger partial charge in [-0.2, -0.15) is 0 Å². The van der Waals surface area contributed by atoms with Crippen LogP contribution < -0.4 is 0 Å². The van der Waals surface area contributed by atoms with Crippen molar-refractivity contribution in [2.45, 2.75) is 0 Å². The summed E-state index contributed by atoms with van der Waals surface area (Å²) >= 11 is 0. The Kier molecular flexibility index (Phi) is 4.03. The van der Waals surface area contributed by atoms with Gasteiger partial charge >= 0.3 is 11.9 Å². The molecule has 0 radical (unpaired) electrons. The van der Waals surface area contributed by atoms with Gasteiger partial charge in [0.1, 0.15) is 0 Å². The molecule has 2 heterocycles. The average Bonchev–Trinajstić information content (AvgIpc) is 2.61. The molecule has 0 atom stereocenters. The van der Waals surface area contributed by atoms with E-state index in [0.29, 0.717) is 11.1 Å². The molecule has 0 unspecified atom stereocenters. The molecule has 0 bridgehead atoms. The quantitative estimate of drug-likeness (QED) is 0.765. The van der Waals surface area contributed by atoms with E-state index in [9.17, 15) is 19.8 Å². The average molecular weight is 320 g/mol. The molecule has 118 valence electrons. The highest BCUT2D eigenvalue weighted by Gasteiger charge is 2.22. The van der Waals surface area contributed by atoms with E-state index >= 15 is 0 Å². The fourth-order valence-electron chi connectivity index (χ4n) is 2.58. The van der Waals surface area contributed by atoms with Crippen molar-refractivity contribution in [2.24, 2.45) is 0 Å². The van der Waals surface area contributed by atoms with Crippen LogP contribution in [0, 0.1) is 0 Å². The second kappa shape index (κ2) is 6.29. The Labute approximate surface area is 137 Å². The molecule has 2 N–H and O–H groups in total. The zero-order valence-corrected chi connectivity index (χ0v) is 12.4. The summed E-state index contributed by atoms with van der Waals surface area (Å²) < 4.78 is 0. The highest BCUT2D eigenvalue weighted by molar-refractivity contribution is 6.06. The largest absolute Gasteiger partial charge is 0.478 e. The lowest BCUT2D eigenvalue weighted by Crippen LogP contribution is -2.07. The molecule has 0 fully saturated rings. The number of hydrogen-bond donors (Lipinski definition) is 2. The topological polar surface area (TPSA) is 100 Å². The Morgan fingerprint density at radius 3 is 1.92 bits per heavy atom. The first-order valence-corrected chi connectivity index (χ1v) is 7.04. The second-order valence-corrected chi connectivity index (χ2v) is 5.00. The van der Waals surface area contributed by atoms with Crippen molar-refractivity contribution in [3.63, 3.8) is 0 Å². The molecule has 0 saturated heterocycles. The Bertz CT molecular complexity index is 891. The third-order valence-electron chi connectivity index (χ3n) is 3.61. The summed E-state index contributed by atoms with van der Waals surface area (Å²) in [6.07, 6.45) is 6.27. The molecule has 0 spiro atoms. The SMILES string of the molecule is O=C(O)c1cccc(C(=O)O)c1-c1cnccc1-c1ccncc1. The zero-order valence-electron chi connectivity index (χ0n) is 12.4. The van der Waals surface area contributed by atoms with Crippen LogP contribution in [0.5, 0.6) is 0 Å². The number of carboxylic acid groups (broad SMARTS) is 2. The normalized spacial score (nSPS) is 10.3. The van der Waals surface area contributed by atoms with Crippen molar-refractivity contribution in [1.29, 1.82) is 0 Å². The first-order valence-electron chi connectivity index (χ1n) is 7.04. The number of carbonyl (C=O) groups is 2. The molecule has 0 aliphatic rings. The molecule has 0 saturated carbocycles. The summed E-state index contributed by atoms with van der Waals surface area (Å²) in [6, 6.07) is 9.43. The van der Waals surface area contributed by atoms with Crippen LogP contribution in [-0.2, 0) is 0 Å². The first-order chi connectivity index (χ1) is 11.6. The lowest BCUT2D eigenvalue weighted by atomic mass is 9.90. The molecule has 0 amide bonds. The van der Waals surface area contributed by atoms with E-state index in [0.717, 1.165) is 5.56 Å². The smallest absolute Gasteiger partial charge is 0.336 e. The Hall–Kier alpha value is -3.54. The van der Waals surface area contributed by atoms with E-state index in [2.05, 4.69) is 9.97 Å². The maximum absolute atomic E-state index is 11.6. The van der Waals surface area contributed by atoms with Crippen molar-refractivity contribution < 1.29 is 19.8 Å². The molecule has 6 nitrogen and oxygen atoms in total. The Morgan fingerprint density at radius 2 is 1.33 bits per heavy atom. The molecule has 24 heavy (non-hydrogen) atoms. The van der Waals surface area contributed by atoms with Gasteiger partial charge in [-0.3, -0.25) is 9.97 Å². The zero-order chi connectivity index (χ0) is 17.1. The van der Waals surface area contributed by atoms with E-state index in [1.54, 1.807) is 36.8 Å². The molecule has 1 aromatic carbocycles. The van der Waals surface area contributed by atoms with Gasteiger partial charge in [0.15, 0.2) is 0 Å². The number of hydrogen-bond acceptors (Lipinski definition) is 4. The van der Waals surface area contributed by atoms with E-state index in [4.69, 9.17) is 0 Å². The maximum atomic E-state index is 11.6. The number of pyridine rings is 2. The minimum Gasteiger partial charge on any atom is -0.478 e. The molecule has 3 aromatic rings. The van der Waals surface area contributed by atoms with Gasteiger partial charge in [-0.25, -0.2) is 9.59 Å². The van der Waals surface area contributed by atoms with E-state index in [1.807, 2.05) is 0 Å². The Balaban J connectivity index is 2.35. The lowest BCUT2D eigenvalue weighted by Gasteiger charge is -2.14. The number of nitrogens with zero attached hydrogens (tertiary/aromatic N) is 2. The van der Waals surface area contributed by atoms with Crippen LogP contribution in [0.2, 0.25) is 0 Å². The number of benzene rings is 1. The summed E-state index contributed by atoms with van der Waals surface area (Å²) in [4.78, 5) is 31.2. The van der Waals surface area contributed by atoms with Crippen molar-refractivity contribution in [2.75, 3.05) is 0 Å². The summed E-state index contributed by atoms with van der Waals surface area (Å²) in [7, 11) is 0. The van der Waals surface area contributed by atoms with Crippen LogP contribution >= 0.6 is 0 Å². The number of aromatic nitrogens is 2. The molecule has 0 aliphatic heterocycles. The summed E-state index contributed by atoms with van der Waals surface area (Å²) in [5, 5.41) is 18.9. The minimum atomic E-state index is -1.20. The summed E-state index contributed by atoms with van der Waals surface area (Å²) in [5.74, 6) is -2.39. The van der Waals surface area contributed by atoms with Gasteiger partial charge in [-0.15, -0.1) is 0 Å². The predicted molar refractivity (Wildman–Crippen MR) is 86.8 cm³/mol. The highest BCUT2D eigenvalue weighted by Crippen LogP contribution is 2.35. The summed E-state index contributed by atoms with van der Waals surface area (Å²) in [5.41, 5.74) is 1.88. The van der Waals surface area contributed by atoms with Gasteiger partial charge in [0.25, 0.3) is 0 Å². The number of aromatic carboxylic acids is 2. The fraction of sp³-hybridized carbons (Fsp3) is 0. The van der Waals surface area contributed by atoms with Crippen LogP contribution in [0.3, 0.4) is 0 Å². The standard InChI is InChI=1S/C18H12N2O4/c21-17(22)13-2-1-3-14(18(23)24)16(13)15-10-20-9-6-12(15)11-4-7-19-8-5-11/h1-10H,(H,21,22)(H,23,24). The second-order valence-electron chi connectivity index (χ2n) is 5.00. The van der Waals surface area contributed by atoms with Crippen LogP contribution in [0.25, 0.3) is 22.3 Å². The van der Waals surface area contributed by atoms with Crippen LogP contribution in [0.1, 0.15) is 20.7 Å². The van der Waals surface area contributed by atoms with Gasteiger partial charge in [-0.1, -0.05) is 6.07 Å². The fourth-order valence-corrected chi connectivity index (χ4v) is 2.58. The third-order valence-corrected chi connectivity index (χ3v) is 3.61. The van der Waals surface area contributed by atoms with Crippen molar-refractivity contribution in [3.8, 4) is 22.3 Å². The van der Waals surface area contributed by atoms with E-state index in [-0.39, 0.29) is 16.7 Å². The van der Waals surface area contributed by atoms with Crippen LogP contribution in [-0.4, -0.2) is 32.1 Å². The summed E-state index contributed by atoms with van der Waals surface area (Å²) in [6.45, 7) is 0. The maximum Gasteiger partial charge on any atom is 0.336 e. The minimum absolute atomic E-state index is 0.0850. The molecule has 3 rings (SSSR count). The van der Waals surface area contributed by atoms with E-state index in [1.165, 1.54) is 24.4 Å².